The maximum Gasteiger partial charge on any atom is 0.311 e. The number of benzene rings is 1. The SMILES string of the molecule is COC(=O)C(C)(C)Cc1ccc(Br)cc1F. The van der Waals surface area contributed by atoms with Crippen LogP contribution in [0.15, 0.2) is 22.7 Å². The summed E-state index contributed by atoms with van der Waals surface area (Å²) in [6, 6.07) is 4.82. The first-order valence-electron chi connectivity index (χ1n) is 4.89. The molecule has 0 bridgehead atoms. The van der Waals surface area contributed by atoms with E-state index in [4.69, 9.17) is 0 Å². The maximum atomic E-state index is 13.6. The molecule has 0 radical (unpaired) electrons. The van der Waals surface area contributed by atoms with Gasteiger partial charge in [0.2, 0.25) is 0 Å². The van der Waals surface area contributed by atoms with Gasteiger partial charge in [-0.15, -0.1) is 0 Å². The number of carbonyl (C=O) groups excluding carboxylic acids is 1. The molecular weight excluding hydrogens is 275 g/mol. The van der Waals surface area contributed by atoms with Gasteiger partial charge in [-0.25, -0.2) is 4.39 Å². The third kappa shape index (κ3) is 3.04. The molecule has 0 aliphatic rings. The lowest BCUT2D eigenvalue weighted by Gasteiger charge is -2.21. The van der Waals surface area contributed by atoms with E-state index in [1.807, 2.05) is 0 Å². The second-order valence-corrected chi connectivity index (χ2v) is 5.20. The lowest BCUT2D eigenvalue weighted by molar-refractivity contribution is -0.150. The molecule has 16 heavy (non-hydrogen) atoms. The van der Waals surface area contributed by atoms with Crippen molar-refractivity contribution in [1.29, 1.82) is 0 Å². The second kappa shape index (κ2) is 4.95. The molecule has 1 aromatic carbocycles. The Morgan fingerprint density at radius 3 is 2.62 bits per heavy atom. The van der Waals surface area contributed by atoms with Crippen molar-refractivity contribution in [1.82, 2.24) is 0 Å². The first kappa shape index (κ1) is 13.2. The van der Waals surface area contributed by atoms with Gasteiger partial charge in [-0.05, 0) is 38.0 Å². The van der Waals surface area contributed by atoms with Crippen LogP contribution in [0.1, 0.15) is 19.4 Å². The molecule has 88 valence electrons. The fourth-order valence-corrected chi connectivity index (χ4v) is 1.82. The van der Waals surface area contributed by atoms with Gasteiger partial charge in [0.05, 0.1) is 12.5 Å². The van der Waals surface area contributed by atoms with E-state index in [2.05, 4.69) is 20.7 Å². The molecule has 0 fully saturated rings. The molecule has 0 saturated heterocycles. The average molecular weight is 289 g/mol. The number of hydrogen-bond donors (Lipinski definition) is 0. The lowest BCUT2D eigenvalue weighted by atomic mass is 9.86. The standard InChI is InChI=1S/C12H14BrFO2/c1-12(2,11(15)16-3)7-8-4-5-9(13)6-10(8)14/h4-6H,7H2,1-3H3. The predicted octanol–water partition coefficient (Wildman–Crippen LogP) is 3.33. The van der Waals surface area contributed by atoms with Crippen LogP contribution in [0.3, 0.4) is 0 Å². The molecule has 0 atom stereocenters. The quantitative estimate of drug-likeness (QED) is 0.798. The van der Waals surface area contributed by atoms with Crippen molar-refractivity contribution in [3.05, 3.63) is 34.1 Å². The van der Waals surface area contributed by atoms with Crippen LogP contribution in [0.4, 0.5) is 4.39 Å². The van der Waals surface area contributed by atoms with E-state index in [0.717, 1.165) is 0 Å². The maximum absolute atomic E-state index is 13.6. The summed E-state index contributed by atoms with van der Waals surface area (Å²) in [7, 11) is 1.34. The van der Waals surface area contributed by atoms with Gasteiger partial charge in [0.1, 0.15) is 5.82 Å². The summed E-state index contributed by atoms with van der Waals surface area (Å²) in [6.07, 6.45) is 0.318. The van der Waals surface area contributed by atoms with Crippen molar-refractivity contribution in [3.63, 3.8) is 0 Å². The molecule has 1 rings (SSSR count). The Morgan fingerprint density at radius 1 is 1.50 bits per heavy atom. The fourth-order valence-electron chi connectivity index (χ4n) is 1.49. The minimum Gasteiger partial charge on any atom is -0.469 e. The van der Waals surface area contributed by atoms with Gasteiger partial charge in [-0.2, -0.15) is 0 Å². The highest BCUT2D eigenvalue weighted by Crippen LogP contribution is 2.26. The molecule has 0 saturated carbocycles. The summed E-state index contributed by atoms with van der Waals surface area (Å²) in [4.78, 5) is 11.5. The number of esters is 1. The van der Waals surface area contributed by atoms with Crippen molar-refractivity contribution in [2.45, 2.75) is 20.3 Å². The topological polar surface area (TPSA) is 26.3 Å². The van der Waals surface area contributed by atoms with Crippen molar-refractivity contribution < 1.29 is 13.9 Å². The minimum atomic E-state index is -0.719. The summed E-state index contributed by atoms with van der Waals surface area (Å²) in [6.45, 7) is 3.47. The largest absolute Gasteiger partial charge is 0.469 e. The Hall–Kier alpha value is -0.900. The number of halogens is 2. The van der Waals surface area contributed by atoms with E-state index < -0.39 is 5.41 Å². The summed E-state index contributed by atoms with van der Waals surface area (Å²) in [5.74, 6) is -0.652. The van der Waals surface area contributed by atoms with E-state index >= 15 is 0 Å². The van der Waals surface area contributed by atoms with Gasteiger partial charge in [0.15, 0.2) is 0 Å². The number of carbonyl (C=O) groups is 1. The van der Waals surface area contributed by atoms with Gasteiger partial charge in [-0.3, -0.25) is 4.79 Å². The molecule has 0 aliphatic carbocycles. The molecule has 0 amide bonds. The van der Waals surface area contributed by atoms with Crippen LogP contribution < -0.4 is 0 Å². The van der Waals surface area contributed by atoms with E-state index in [-0.39, 0.29) is 11.8 Å². The molecule has 4 heteroatoms. The highest BCUT2D eigenvalue weighted by atomic mass is 79.9. The second-order valence-electron chi connectivity index (χ2n) is 4.29. The normalized spacial score (nSPS) is 11.3. The van der Waals surface area contributed by atoms with E-state index in [1.165, 1.54) is 13.2 Å². The van der Waals surface area contributed by atoms with Crippen molar-refractivity contribution in [2.75, 3.05) is 7.11 Å². The van der Waals surface area contributed by atoms with Gasteiger partial charge in [0, 0.05) is 4.47 Å². The van der Waals surface area contributed by atoms with Gasteiger partial charge >= 0.3 is 5.97 Å². The fraction of sp³-hybridized carbons (Fsp3) is 0.417. The molecule has 0 heterocycles. The number of ether oxygens (including phenoxy) is 1. The molecule has 2 nitrogen and oxygen atoms in total. The monoisotopic (exact) mass is 288 g/mol. The van der Waals surface area contributed by atoms with Crippen LogP contribution in [-0.2, 0) is 16.0 Å². The van der Waals surface area contributed by atoms with E-state index in [0.29, 0.717) is 16.5 Å². The third-order valence-electron chi connectivity index (χ3n) is 2.39. The predicted molar refractivity (Wildman–Crippen MR) is 63.6 cm³/mol. The Kier molecular flexibility index (Phi) is 4.08. The summed E-state index contributed by atoms with van der Waals surface area (Å²) in [5.41, 5.74) is -0.206. The van der Waals surface area contributed by atoms with Crippen molar-refractivity contribution in [2.24, 2.45) is 5.41 Å². The van der Waals surface area contributed by atoms with Crippen LogP contribution in [-0.4, -0.2) is 13.1 Å². The summed E-state index contributed by atoms with van der Waals surface area (Å²) < 4.78 is 18.9. The Labute approximate surface area is 103 Å². The van der Waals surface area contributed by atoms with Gasteiger partial charge in [-0.1, -0.05) is 22.0 Å². The lowest BCUT2D eigenvalue weighted by Crippen LogP contribution is -2.28. The Bertz CT molecular complexity index is 402. The molecule has 0 spiro atoms. The smallest absolute Gasteiger partial charge is 0.311 e. The molecule has 0 aliphatic heterocycles. The molecule has 0 unspecified atom stereocenters. The zero-order chi connectivity index (χ0) is 12.3. The van der Waals surface area contributed by atoms with Crippen molar-refractivity contribution in [3.8, 4) is 0 Å². The van der Waals surface area contributed by atoms with Crippen molar-refractivity contribution >= 4 is 21.9 Å². The molecule has 0 aromatic heterocycles. The Morgan fingerprint density at radius 2 is 2.12 bits per heavy atom. The zero-order valence-electron chi connectivity index (χ0n) is 9.51. The van der Waals surface area contributed by atoms with Crippen LogP contribution in [0, 0.1) is 11.2 Å². The minimum absolute atomic E-state index is 0.314. The van der Waals surface area contributed by atoms with Crippen LogP contribution >= 0.6 is 15.9 Å². The average Bonchev–Trinajstić information content (AvgIpc) is 2.21. The van der Waals surface area contributed by atoms with Crippen LogP contribution in [0.2, 0.25) is 0 Å². The van der Waals surface area contributed by atoms with E-state index in [1.54, 1.807) is 26.0 Å². The third-order valence-corrected chi connectivity index (χ3v) is 2.88. The van der Waals surface area contributed by atoms with E-state index in [9.17, 15) is 9.18 Å². The number of hydrogen-bond acceptors (Lipinski definition) is 2. The Balaban J connectivity index is 2.92. The van der Waals surface area contributed by atoms with Gasteiger partial charge < -0.3 is 4.74 Å². The van der Waals surface area contributed by atoms with Crippen LogP contribution in [0.5, 0.6) is 0 Å². The zero-order valence-corrected chi connectivity index (χ0v) is 11.1. The number of methoxy groups -OCH3 is 1. The molecule has 0 N–H and O–H groups in total. The number of rotatable bonds is 3. The highest BCUT2D eigenvalue weighted by molar-refractivity contribution is 9.10. The molecule has 1 aromatic rings. The van der Waals surface area contributed by atoms with Crippen LogP contribution in [0.25, 0.3) is 0 Å². The first-order chi connectivity index (χ1) is 7.36. The first-order valence-corrected chi connectivity index (χ1v) is 5.68. The summed E-state index contributed by atoms with van der Waals surface area (Å²) in [5, 5.41) is 0. The highest BCUT2D eigenvalue weighted by Gasteiger charge is 2.29. The summed E-state index contributed by atoms with van der Waals surface area (Å²) >= 11 is 3.19. The van der Waals surface area contributed by atoms with Gasteiger partial charge in [0.25, 0.3) is 0 Å². The molecular formula is C12H14BrFO2.